The normalized spacial score (nSPS) is 25.7. The maximum absolute atomic E-state index is 2.77. The standard InChI is InChI=1S/C27H52N2.2H2O/c1-7-18-28-20-22(9-3)24(11-5)26(28)16-14-13-15-17-27-25(12-6)23(10-4)21-29(27)19-8-2;;/h22-25H,7-21H2,1-6H3;2*1H2/q+2;;/p-2. The molecule has 2 rings (SSSR count). The molecule has 4 atom stereocenters. The molecule has 0 aromatic carbocycles. The Labute approximate surface area is 193 Å². The molecule has 4 unspecified atom stereocenters. The largest absolute Gasteiger partial charge is 0.870 e. The molecule has 0 amide bonds. The highest BCUT2D eigenvalue weighted by atomic mass is 16.0. The maximum atomic E-state index is 2.77. The molecule has 2 aliphatic rings. The minimum Gasteiger partial charge on any atom is -0.870 e. The van der Waals surface area contributed by atoms with Crippen LogP contribution in [-0.4, -0.2) is 57.7 Å². The summed E-state index contributed by atoms with van der Waals surface area (Å²) in [6, 6.07) is 0. The van der Waals surface area contributed by atoms with Crippen molar-refractivity contribution in [2.75, 3.05) is 26.2 Å². The van der Waals surface area contributed by atoms with Crippen LogP contribution in [0.4, 0.5) is 0 Å². The predicted molar refractivity (Wildman–Crippen MR) is 133 cm³/mol. The van der Waals surface area contributed by atoms with Gasteiger partial charge in [0.05, 0.1) is 0 Å². The summed E-state index contributed by atoms with van der Waals surface area (Å²) in [6.07, 6.45) is 14.9. The predicted octanol–water partition coefficient (Wildman–Crippen LogP) is 6.44. The minimum atomic E-state index is 0. The van der Waals surface area contributed by atoms with Crippen molar-refractivity contribution in [1.82, 2.24) is 0 Å². The van der Waals surface area contributed by atoms with Crippen molar-refractivity contribution in [3.8, 4) is 0 Å². The summed E-state index contributed by atoms with van der Waals surface area (Å²) in [4.78, 5) is 0. The van der Waals surface area contributed by atoms with Crippen molar-refractivity contribution in [3.63, 3.8) is 0 Å². The van der Waals surface area contributed by atoms with E-state index >= 15 is 0 Å². The van der Waals surface area contributed by atoms with Crippen LogP contribution in [0.25, 0.3) is 0 Å². The van der Waals surface area contributed by atoms with Crippen LogP contribution >= 0.6 is 0 Å². The van der Waals surface area contributed by atoms with E-state index in [1.165, 1.54) is 96.8 Å². The molecule has 4 heteroatoms. The van der Waals surface area contributed by atoms with Gasteiger partial charge < -0.3 is 11.0 Å². The molecule has 0 saturated carbocycles. The van der Waals surface area contributed by atoms with E-state index in [-0.39, 0.29) is 11.0 Å². The number of rotatable bonds is 14. The van der Waals surface area contributed by atoms with Gasteiger partial charge in [-0.2, -0.15) is 0 Å². The van der Waals surface area contributed by atoms with Gasteiger partial charge in [0, 0.05) is 49.4 Å². The Morgan fingerprint density at radius 2 is 0.968 bits per heavy atom. The van der Waals surface area contributed by atoms with Crippen LogP contribution < -0.4 is 0 Å². The van der Waals surface area contributed by atoms with Gasteiger partial charge >= 0.3 is 0 Å². The fourth-order valence-corrected chi connectivity index (χ4v) is 6.52. The SMILES string of the molecule is CCC[N+]1=C(CCCCCC2=[N+](CCC)CC(CC)C2CC)C(CC)C(CC)C1.[OH-].[OH-]. The molecule has 2 aliphatic heterocycles. The highest BCUT2D eigenvalue weighted by molar-refractivity contribution is 5.84. The lowest BCUT2D eigenvalue weighted by molar-refractivity contribution is -0.526. The minimum absolute atomic E-state index is 0. The zero-order chi connectivity index (χ0) is 21.2. The Bertz CT molecular complexity index is 507. The second kappa shape index (κ2) is 16.0. The molecule has 0 fully saturated rings. The fourth-order valence-electron chi connectivity index (χ4n) is 6.52. The Kier molecular flexibility index (Phi) is 15.6. The van der Waals surface area contributed by atoms with Crippen molar-refractivity contribution in [3.05, 3.63) is 0 Å². The fraction of sp³-hybridized carbons (Fsp3) is 0.926. The van der Waals surface area contributed by atoms with Gasteiger partial charge in [0.25, 0.3) is 0 Å². The second-order valence-corrected chi connectivity index (χ2v) is 9.80. The third kappa shape index (κ3) is 7.67. The topological polar surface area (TPSA) is 66.0 Å². The van der Waals surface area contributed by atoms with Gasteiger partial charge in [0.2, 0.25) is 0 Å². The Morgan fingerprint density at radius 1 is 0.581 bits per heavy atom. The lowest BCUT2D eigenvalue weighted by atomic mass is 9.84. The molecule has 0 radical (unpaired) electrons. The molecule has 2 heterocycles. The summed E-state index contributed by atoms with van der Waals surface area (Å²) >= 11 is 0. The first kappa shape index (κ1) is 30.3. The number of hydrogen-bond donors (Lipinski definition) is 0. The number of hydrogen-bond acceptors (Lipinski definition) is 2. The van der Waals surface area contributed by atoms with Gasteiger partial charge in [-0.3, -0.25) is 0 Å². The van der Waals surface area contributed by atoms with E-state index in [0.717, 1.165) is 23.7 Å². The molecular formula is C27H54N2O2. The van der Waals surface area contributed by atoms with Gasteiger partial charge in [0.15, 0.2) is 11.4 Å². The first-order valence-corrected chi connectivity index (χ1v) is 13.4. The van der Waals surface area contributed by atoms with E-state index < -0.39 is 0 Å². The van der Waals surface area contributed by atoms with Crippen molar-refractivity contribution in [1.29, 1.82) is 0 Å². The Hall–Kier alpha value is -0.740. The molecule has 0 saturated heterocycles. The molecule has 4 nitrogen and oxygen atoms in total. The summed E-state index contributed by atoms with van der Waals surface area (Å²) in [6.45, 7) is 19.5. The van der Waals surface area contributed by atoms with Crippen LogP contribution in [0.2, 0.25) is 0 Å². The zero-order valence-corrected chi connectivity index (χ0v) is 21.7. The third-order valence-corrected chi connectivity index (χ3v) is 8.00. The maximum Gasteiger partial charge on any atom is 0.155 e. The quantitative estimate of drug-likeness (QED) is 0.231. The van der Waals surface area contributed by atoms with Gasteiger partial charge in [-0.05, 0) is 38.5 Å². The van der Waals surface area contributed by atoms with Gasteiger partial charge in [-0.25, -0.2) is 9.15 Å². The van der Waals surface area contributed by atoms with Crippen LogP contribution in [0.15, 0.2) is 0 Å². The van der Waals surface area contributed by atoms with Crippen molar-refractivity contribution in [2.24, 2.45) is 23.7 Å². The second-order valence-electron chi connectivity index (χ2n) is 9.80. The average molecular weight is 439 g/mol. The van der Waals surface area contributed by atoms with E-state index in [2.05, 4.69) is 50.7 Å². The smallest absolute Gasteiger partial charge is 0.155 e. The number of nitrogens with zero attached hydrogens (tertiary/aromatic N) is 2. The van der Waals surface area contributed by atoms with Gasteiger partial charge in [-0.1, -0.05) is 48.0 Å². The van der Waals surface area contributed by atoms with Gasteiger partial charge in [0.1, 0.15) is 26.2 Å². The van der Waals surface area contributed by atoms with E-state index in [0.29, 0.717) is 0 Å². The van der Waals surface area contributed by atoms with Crippen molar-refractivity contribution >= 4 is 11.4 Å². The monoisotopic (exact) mass is 438 g/mol. The van der Waals surface area contributed by atoms with Crippen LogP contribution in [0.1, 0.15) is 112 Å². The molecule has 184 valence electrons. The number of unbranched alkanes of at least 4 members (excludes halogenated alkanes) is 2. The summed E-state index contributed by atoms with van der Waals surface area (Å²) in [5, 5.41) is 0. The highest BCUT2D eigenvalue weighted by Crippen LogP contribution is 2.31. The summed E-state index contributed by atoms with van der Waals surface area (Å²) in [7, 11) is 0. The molecule has 0 aromatic rings. The molecule has 2 N–H and O–H groups in total. The van der Waals surface area contributed by atoms with E-state index in [1.54, 1.807) is 0 Å². The lowest BCUT2D eigenvalue weighted by Gasteiger charge is -2.14. The molecular weight excluding hydrogens is 384 g/mol. The molecule has 0 bridgehead atoms. The molecule has 0 aliphatic carbocycles. The summed E-state index contributed by atoms with van der Waals surface area (Å²) in [5.41, 5.74) is 3.64. The lowest BCUT2D eigenvalue weighted by Crippen LogP contribution is -2.21. The Morgan fingerprint density at radius 3 is 1.26 bits per heavy atom. The van der Waals surface area contributed by atoms with Crippen molar-refractivity contribution < 1.29 is 20.1 Å². The first-order valence-electron chi connectivity index (χ1n) is 13.4. The first-order chi connectivity index (χ1) is 14.1. The average Bonchev–Trinajstić information content (AvgIpc) is 3.25. The van der Waals surface area contributed by atoms with Crippen LogP contribution in [0.5, 0.6) is 0 Å². The van der Waals surface area contributed by atoms with Gasteiger partial charge in [-0.15, -0.1) is 0 Å². The summed E-state index contributed by atoms with van der Waals surface area (Å²) < 4.78 is 5.55. The molecule has 0 aromatic heterocycles. The highest BCUT2D eigenvalue weighted by Gasteiger charge is 2.39. The van der Waals surface area contributed by atoms with Crippen LogP contribution in [0.3, 0.4) is 0 Å². The van der Waals surface area contributed by atoms with Crippen molar-refractivity contribution in [2.45, 2.75) is 112 Å². The van der Waals surface area contributed by atoms with E-state index in [9.17, 15) is 0 Å². The third-order valence-electron chi connectivity index (χ3n) is 8.00. The zero-order valence-electron chi connectivity index (χ0n) is 21.7. The summed E-state index contributed by atoms with van der Waals surface area (Å²) in [5.74, 6) is 3.56. The Balaban J connectivity index is 0.00000450. The van der Waals surface area contributed by atoms with E-state index in [1.807, 2.05) is 11.4 Å². The molecule has 31 heavy (non-hydrogen) atoms. The van der Waals surface area contributed by atoms with E-state index in [4.69, 9.17) is 0 Å². The van der Waals surface area contributed by atoms with Crippen LogP contribution in [-0.2, 0) is 0 Å². The molecule has 0 spiro atoms. The van der Waals surface area contributed by atoms with Crippen LogP contribution in [0, 0.1) is 23.7 Å².